The molecule has 98 valence electrons. The first-order valence-corrected chi connectivity index (χ1v) is 6.46. The highest BCUT2D eigenvalue weighted by atomic mass is 35.5. The molecule has 2 aromatic rings. The van der Waals surface area contributed by atoms with Crippen molar-refractivity contribution in [3.05, 3.63) is 68.9 Å². The lowest BCUT2D eigenvalue weighted by molar-refractivity contribution is 1.09. The molecule has 2 nitrogen and oxygen atoms in total. The van der Waals surface area contributed by atoms with E-state index in [0.717, 1.165) is 23.8 Å². The van der Waals surface area contributed by atoms with Crippen LogP contribution in [0, 0.1) is 11.3 Å². The molecule has 0 radical (unpaired) electrons. The van der Waals surface area contributed by atoms with Crippen LogP contribution < -0.4 is 10.7 Å². The van der Waals surface area contributed by atoms with Gasteiger partial charge in [0.15, 0.2) is 0 Å². The highest BCUT2D eigenvalue weighted by molar-refractivity contribution is 5.85. The topological polar surface area (TPSA) is 39.6 Å². The van der Waals surface area contributed by atoms with Crippen LogP contribution in [0.3, 0.4) is 0 Å². The van der Waals surface area contributed by atoms with Gasteiger partial charge in [-0.1, -0.05) is 30.3 Å². The van der Waals surface area contributed by atoms with Crippen LogP contribution in [-0.4, -0.2) is 4.98 Å². The van der Waals surface area contributed by atoms with Crippen molar-refractivity contribution in [2.24, 2.45) is 0 Å². The fourth-order valence-corrected chi connectivity index (χ4v) is 2.99. The Kier molecular flexibility index (Phi) is 3.00. The lowest BCUT2D eigenvalue weighted by atomic mass is 9.91. The number of aromatic amines is 1. The molecule has 0 saturated carbocycles. The van der Waals surface area contributed by atoms with Crippen LogP contribution in [0.4, 0.5) is 0 Å². The second-order valence-corrected chi connectivity index (χ2v) is 5.05. The van der Waals surface area contributed by atoms with E-state index in [1.54, 1.807) is 0 Å². The first-order valence-electron chi connectivity index (χ1n) is 6.46. The number of H-pyrrole nitrogens is 1. The van der Waals surface area contributed by atoms with Gasteiger partial charge in [-0.25, -0.2) is 0 Å². The third kappa shape index (κ3) is 1.79. The quantitative estimate of drug-likeness (QED) is 0.672. The Labute approximate surface area is 123 Å². The number of nitriles is 1. The highest BCUT2D eigenvalue weighted by Crippen LogP contribution is 2.20. The van der Waals surface area contributed by atoms with E-state index in [1.165, 1.54) is 27.6 Å². The van der Waals surface area contributed by atoms with Crippen LogP contribution in [-0.2, 0) is 12.8 Å². The molecular formula is C17H13ClN2. The van der Waals surface area contributed by atoms with Crippen molar-refractivity contribution in [1.29, 1.82) is 5.26 Å². The number of nitrogens with one attached hydrogen (secondary N) is 1. The lowest BCUT2D eigenvalue weighted by Gasteiger charge is -2.12. The Morgan fingerprint density at radius 2 is 1.85 bits per heavy atom. The van der Waals surface area contributed by atoms with Crippen LogP contribution in [0.1, 0.15) is 22.3 Å². The van der Waals surface area contributed by atoms with Crippen molar-refractivity contribution in [3.8, 4) is 6.07 Å². The second kappa shape index (κ2) is 4.70. The van der Waals surface area contributed by atoms with Crippen LogP contribution in [0.15, 0.2) is 35.9 Å². The van der Waals surface area contributed by atoms with Crippen molar-refractivity contribution in [3.63, 3.8) is 0 Å². The van der Waals surface area contributed by atoms with Crippen LogP contribution in [0.2, 0.25) is 0 Å². The Balaban J connectivity index is 0.00000121. The summed E-state index contributed by atoms with van der Waals surface area (Å²) in [5.74, 6) is 0. The maximum Gasteiger partial charge on any atom is 0.0989 e. The molecule has 0 saturated heterocycles. The van der Waals surface area contributed by atoms with Gasteiger partial charge in [0.25, 0.3) is 0 Å². The van der Waals surface area contributed by atoms with Gasteiger partial charge in [0.05, 0.1) is 11.6 Å². The lowest BCUT2D eigenvalue weighted by Crippen LogP contribution is -2.15. The molecule has 0 aliphatic heterocycles. The first kappa shape index (κ1) is 12.8. The molecule has 4 rings (SSSR count). The smallest absolute Gasteiger partial charge is 0.0989 e. The number of allylic oxidation sites excluding steroid dienone is 2. The summed E-state index contributed by atoms with van der Waals surface area (Å²) in [5.41, 5.74) is 6.16. The molecule has 3 heteroatoms. The van der Waals surface area contributed by atoms with E-state index in [1.807, 2.05) is 12.2 Å². The summed E-state index contributed by atoms with van der Waals surface area (Å²) in [6.07, 6.45) is 8.02. The first-order chi connectivity index (χ1) is 9.35. The monoisotopic (exact) mass is 280 g/mol. The Bertz CT molecular complexity index is 879. The number of nitrogens with zero attached hydrogens (tertiary/aromatic N) is 1. The van der Waals surface area contributed by atoms with Gasteiger partial charge in [0.2, 0.25) is 0 Å². The summed E-state index contributed by atoms with van der Waals surface area (Å²) in [6, 6.07) is 10.7. The third-order valence-electron chi connectivity index (χ3n) is 3.96. The van der Waals surface area contributed by atoms with Crippen LogP contribution in [0.5, 0.6) is 0 Å². The molecule has 20 heavy (non-hydrogen) atoms. The van der Waals surface area contributed by atoms with E-state index < -0.39 is 0 Å². The van der Waals surface area contributed by atoms with Gasteiger partial charge in [0.1, 0.15) is 0 Å². The highest BCUT2D eigenvalue weighted by Gasteiger charge is 2.17. The average Bonchev–Trinajstić information content (AvgIpc) is 2.81. The van der Waals surface area contributed by atoms with Gasteiger partial charge in [-0.3, -0.25) is 0 Å². The molecule has 0 unspecified atom stereocenters. The minimum atomic E-state index is 0. The third-order valence-corrected chi connectivity index (χ3v) is 3.96. The fraction of sp³-hybridized carbons (Fsp3) is 0.118. The number of fused-ring (bicyclic) bond motifs is 4. The van der Waals surface area contributed by atoms with Crippen molar-refractivity contribution in [2.45, 2.75) is 12.8 Å². The summed E-state index contributed by atoms with van der Waals surface area (Å²) in [5, 5.41) is 11.3. The second-order valence-electron chi connectivity index (χ2n) is 5.05. The standard InChI is InChI=1S/C17H12N2.ClH/c18-10-11-5-6-14-15-8-12-3-1-2-4-13(12)9-17(15)19-16(14)7-11;/h1-5,7,9,19H,6,8H2;1H. The largest absolute Gasteiger partial charge is 0.355 e. The predicted octanol–water partition coefficient (Wildman–Crippen LogP) is 1.96. The zero-order valence-corrected chi connectivity index (χ0v) is 11.6. The average molecular weight is 281 g/mol. The van der Waals surface area contributed by atoms with E-state index in [0.29, 0.717) is 0 Å². The van der Waals surface area contributed by atoms with Crippen LogP contribution >= 0.6 is 12.4 Å². The number of aromatic nitrogens is 1. The van der Waals surface area contributed by atoms with E-state index in [9.17, 15) is 0 Å². The molecule has 0 spiro atoms. The van der Waals surface area contributed by atoms with Gasteiger partial charge < -0.3 is 4.98 Å². The number of benzene rings is 1. The molecule has 0 fully saturated rings. The van der Waals surface area contributed by atoms with Gasteiger partial charge in [-0.05, 0) is 40.8 Å². The minimum absolute atomic E-state index is 0. The number of hydrogen-bond acceptors (Lipinski definition) is 1. The Morgan fingerprint density at radius 3 is 2.70 bits per heavy atom. The molecule has 2 aliphatic rings. The maximum absolute atomic E-state index is 8.99. The van der Waals surface area contributed by atoms with Gasteiger partial charge in [-0.2, -0.15) is 5.26 Å². The zero-order valence-electron chi connectivity index (χ0n) is 10.8. The molecule has 0 atom stereocenters. The predicted molar refractivity (Wildman–Crippen MR) is 82.0 cm³/mol. The van der Waals surface area contributed by atoms with E-state index >= 15 is 0 Å². The molecule has 0 amide bonds. The SMILES string of the molecule is Cl.N#CC1=CCc2c3c([nH]c2=C1)=Cc1ccccc1C3. The van der Waals surface area contributed by atoms with Gasteiger partial charge in [0, 0.05) is 17.1 Å². The number of rotatable bonds is 0. The van der Waals surface area contributed by atoms with Crippen molar-refractivity contribution in [1.82, 2.24) is 4.98 Å². The van der Waals surface area contributed by atoms with Crippen LogP contribution in [0.25, 0.3) is 12.2 Å². The molecule has 0 bridgehead atoms. The molecule has 1 aromatic carbocycles. The van der Waals surface area contributed by atoms with E-state index in [-0.39, 0.29) is 12.4 Å². The molecule has 2 aliphatic carbocycles. The minimum Gasteiger partial charge on any atom is -0.355 e. The van der Waals surface area contributed by atoms with Gasteiger partial charge >= 0.3 is 0 Å². The Morgan fingerprint density at radius 1 is 1.05 bits per heavy atom. The zero-order chi connectivity index (χ0) is 12.8. The van der Waals surface area contributed by atoms with Crippen molar-refractivity contribution >= 4 is 24.6 Å². The van der Waals surface area contributed by atoms with Crippen molar-refractivity contribution < 1.29 is 0 Å². The van der Waals surface area contributed by atoms with E-state index in [4.69, 9.17) is 5.26 Å². The molecule has 1 heterocycles. The maximum atomic E-state index is 8.99. The molecule has 1 aromatic heterocycles. The number of hydrogen-bond donors (Lipinski definition) is 1. The van der Waals surface area contributed by atoms with E-state index in [2.05, 4.69) is 41.4 Å². The normalized spacial score (nSPS) is 14.2. The Hall–Kier alpha value is -2.24. The summed E-state index contributed by atoms with van der Waals surface area (Å²) in [7, 11) is 0. The summed E-state index contributed by atoms with van der Waals surface area (Å²) in [4.78, 5) is 3.46. The molecule has 1 N–H and O–H groups in total. The summed E-state index contributed by atoms with van der Waals surface area (Å²) in [6.45, 7) is 0. The fourth-order valence-electron chi connectivity index (χ4n) is 2.99. The molecular weight excluding hydrogens is 268 g/mol. The number of halogens is 1. The summed E-state index contributed by atoms with van der Waals surface area (Å²) >= 11 is 0. The summed E-state index contributed by atoms with van der Waals surface area (Å²) < 4.78 is 0. The van der Waals surface area contributed by atoms with Crippen molar-refractivity contribution in [2.75, 3.05) is 0 Å². The van der Waals surface area contributed by atoms with Gasteiger partial charge in [-0.15, -0.1) is 12.4 Å².